The van der Waals surface area contributed by atoms with Crippen molar-refractivity contribution in [3.8, 4) is 5.75 Å². The van der Waals surface area contributed by atoms with E-state index in [0.717, 1.165) is 43.4 Å². The third-order valence-corrected chi connectivity index (χ3v) is 8.58. The molecule has 0 radical (unpaired) electrons. The molecule has 7 amide bonds. The van der Waals surface area contributed by atoms with Crippen LogP contribution in [0.5, 0.6) is 5.75 Å². The summed E-state index contributed by atoms with van der Waals surface area (Å²) in [5.74, 6) is -3.23. The number of benzene rings is 3. The van der Waals surface area contributed by atoms with Crippen molar-refractivity contribution in [2.45, 2.75) is 63.8 Å². The van der Waals surface area contributed by atoms with Crippen LogP contribution in [0.4, 0.5) is 17.1 Å². The van der Waals surface area contributed by atoms with Gasteiger partial charge in [-0.25, -0.2) is 0 Å². The normalized spacial score (nSPS) is 15.2. The number of rotatable bonds is 16. The Bertz CT molecular complexity index is 1830. The number of carbonyl (C=O) groups is 7. The molecule has 5 rings (SSSR count). The van der Waals surface area contributed by atoms with Crippen molar-refractivity contribution in [1.82, 2.24) is 15.5 Å². The minimum absolute atomic E-state index is 0.0108. The number of ether oxygens (including phenoxy) is 1. The maximum Gasteiger partial charge on any atom is 0.266 e. The zero-order valence-electron chi connectivity index (χ0n) is 28.0. The Morgan fingerprint density at radius 3 is 2.27 bits per heavy atom. The lowest BCUT2D eigenvalue weighted by Gasteiger charge is -2.27. The topological polar surface area (TPSA) is 206 Å². The molecule has 1 fully saturated rings. The maximum atomic E-state index is 13.2. The number of hydrogen-bond donors (Lipinski definition) is 5. The number of piperidine rings is 1. The van der Waals surface area contributed by atoms with Gasteiger partial charge in [0.05, 0.1) is 22.5 Å². The van der Waals surface area contributed by atoms with Gasteiger partial charge < -0.3 is 26.4 Å². The monoisotopic (exact) mass is 696 g/mol. The van der Waals surface area contributed by atoms with Crippen LogP contribution in [-0.4, -0.2) is 65.4 Å². The lowest BCUT2D eigenvalue weighted by Crippen LogP contribution is -2.54. The lowest BCUT2D eigenvalue weighted by molar-refractivity contribution is -0.136. The quantitative estimate of drug-likeness (QED) is 0.0838. The molecule has 1 saturated heterocycles. The third kappa shape index (κ3) is 9.35. The molecule has 1 atom stereocenters. The second-order valence-electron chi connectivity index (χ2n) is 12.3. The van der Waals surface area contributed by atoms with Crippen LogP contribution in [0, 0.1) is 0 Å². The number of unbranched alkanes of at least 4 members (excludes halogenated alkanes) is 5. The van der Waals surface area contributed by atoms with Crippen molar-refractivity contribution in [1.29, 1.82) is 0 Å². The van der Waals surface area contributed by atoms with Crippen LogP contribution in [0.1, 0.15) is 88.9 Å². The van der Waals surface area contributed by atoms with Gasteiger partial charge in [0, 0.05) is 30.6 Å². The summed E-state index contributed by atoms with van der Waals surface area (Å²) in [4.78, 5) is 88.0. The Kier molecular flexibility index (Phi) is 12.1. The zero-order valence-corrected chi connectivity index (χ0v) is 28.0. The van der Waals surface area contributed by atoms with Crippen LogP contribution < -0.4 is 31.7 Å². The summed E-state index contributed by atoms with van der Waals surface area (Å²) in [7, 11) is 0. The third-order valence-electron chi connectivity index (χ3n) is 8.58. The molecule has 0 aliphatic carbocycles. The van der Waals surface area contributed by atoms with Crippen molar-refractivity contribution in [3.63, 3.8) is 0 Å². The van der Waals surface area contributed by atoms with Crippen LogP contribution in [0.2, 0.25) is 0 Å². The lowest BCUT2D eigenvalue weighted by atomic mass is 10.0. The first-order valence-corrected chi connectivity index (χ1v) is 16.9. The standard InChI is InChI=1S/C37H40N6O8/c38-26-11-6-7-12-27(26)41-34(47)23-15-17-24(18-16-23)40-30(44)14-5-3-1-2-4-8-21-39-32(46)22-51-29-13-9-10-25-33(29)37(50)43(36(25)49)28-19-20-31(45)42-35(28)48/h6-7,9-13,15-18,28H,1-5,8,14,19-22,38H2,(H,39,46)(H,40,44)(H,41,47)(H,42,45,48). The molecule has 3 aromatic carbocycles. The van der Waals surface area contributed by atoms with E-state index >= 15 is 0 Å². The second kappa shape index (κ2) is 17.1. The van der Waals surface area contributed by atoms with Gasteiger partial charge in [-0.05, 0) is 67.8 Å². The number of imide groups is 2. The average Bonchev–Trinajstić information content (AvgIpc) is 3.37. The average molecular weight is 697 g/mol. The van der Waals surface area contributed by atoms with E-state index in [1.807, 2.05) is 0 Å². The highest BCUT2D eigenvalue weighted by molar-refractivity contribution is 6.24. The maximum absolute atomic E-state index is 13.2. The Hall–Kier alpha value is -6.05. The zero-order chi connectivity index (χ0) is 36.3. The molecule has 2 heterocycles. The number of para-hydroxylation sites is 2. The minimum atomic E-state index is -1.09. The summed E-state index contributed by atoms with van der Waals surface area (Å²) in [6.45, 7) is 0.0840. The SMILES string of the molecule is Nc1ccccc1NC(=O)c1ccc(NC(=O)CCCCCCCCNC(=O)COc2cccc3c2C(=O)N(C2CCC(=O)NC2=O)C3=O)cc1. The predicted molar refractivity (Wildman–Crippen MR) is 188 cm³/mol. The number of nitrogen functional groups attached to an aromatic ring is 1. The van der Waals surface area contributed by atoms with E-state index in [0.29, 0.717) is 35.6 Å². The van der Waals surface area contributed by atoms with Gasteiger partial charge in [-0.3, -0.25) is 43.8 Å². The predicted octanol–water partition coefficient (Wildman–Crippen LogP) is 3.79. The van der Waals surface area contributed by atoms with Crippen LogP contribution in [0.25, 0.3) is 0 Å². The number of hydrogen-bond acceptors (Lipinski definition) is 9. The van der Waals surface area contributed by atoms with Gasteiger partial charge in [0.25, 0.3) is 23.6 Å². The van der Waals surface area contributed by atoms with Gasteiger partial charge in [-0.15, -0.1) is 0 Å². The number of anilines is 3. The smallest absolute Gasteiger partial charge is 0.266 e. The summed E-state index contributed by atoms with van der Waals surface area (Å²) in [5, 5.41) is 10.6. The van der Waals surface area contributed by atoms with Crippen LogP contribution in [0.3, 0.4) is 0 Å². The molecule has 0 aromatic heterocycles. The van der Waals surface area contributed by atoms with E-state index in [-0.39, 0.29) is 54.0 Å². The number of carbonyl (C=O) groups excluding carboxylic acids is 7. The van der Waals surface area contributed by atoms with Gasteiger partial charge in [0.1, 0.15) is 11.8 Å². The van der Waals surface area contributed by atoms with Crippen molar-refractivity contribution in [2.24, 2.45) is 0 Å². The molecule has 14 nitrogen and oxygen atoms in total. The molecule has 1 unspecified atom stereocenters. The van der Waals surface area contributed by atoms with Crippen molar-refractivity contribution in [3.05, 3.63) is 83.4 Å². The van der Waals surface area contributed by atoms with Gasteiger partial charge in [-0.1, -0.05) is 43.9 Å². The minimum Gasteiger partial charge on any atom is -0.483 e. The Morgan fingerprint density at radius 1 is 0.804 bits per heavy atom. The molecule has 0 spiro atoms. The highest BCUT2D eigenvalue weighted by atomic mass is 16.5. The summed E-state index contributed by atoms with van der Waals surface area (Å²) in [6.07, 6.45) is 5.60. The van der Waals surface area contributed by atoms with Crippen LogP contribution >= 0.6 is 0 Å². The molecule has 0 bridgehead atoms. The first-order valence-electron chi connectivity index (χ1n) is 16.9. The number of nitrogens with one attached hydrogen (secondary N) is 4. The molecule has 3 aromatic rings. The van der Waals surface area contributed by atoms with Gasteiger partial charge in [0.2, 0.25) is 17.7 Å². The first-order chi connectivity index (χ1) is 24.6. The number of nitrogens with zero attached hydrogens (tertiary/aromatic N) is 1. The van der Waals surface area contributed by atoms with E-state index < -0.39 is 29.7 Å². The summed E-state index contributed by atoms with van der Waals surface area (Å²) in [5.41, 5.74) is 8.00. The van der Waals surface area contributed by atoms with E-state index in [4.69, 9.17) is 10.5 Å². The number of amides is 7. The van der Waals surface area contributed by atoms with E-state index in [1.165, 1.54) is 18.2 Å². The molecule has 0 saturated carbocycles. The Labute approximate surface area is 294 Å². The fourth-order valence-electron chi connectivity index (χ4n) is 5.88. The van der Waals surface area contributed by atoms with Crippen molar-refractivity contribution >= 4 is 58.4 Å². The Morgan fingerprint density at radius 2 is 1.53 bits per heavy atom. The fourth-order valence-corrected chi connectivity index (χ4v) is 5.88. The number of nitrogens with two attached hydrogens (primary N) is 1. The van der Waals surface area contributed by atoms with Crippen LogP contribution in [0.15, 0.2) is 66.7 Å². The molecule has 2 aliphatic heterocycles. The van der Waals surface area contributed by atoms with E-state index in [1.54, 1.807) is 48.5 Å². The van der Waals surface area contributed by atoms with Gasteiger partial charge >= 0.3 is 0 Å². The molecule has 14 heteroatoms. The molecule has 2 aliphatic rings. The van der Waals surface area contributed by atoms with E-state index in [9.17, 15) is 33.6 Å². The van der Waals surface area contributed by atoms with E-state index in [2.05, 4.69) is 21.3 Å². The summed E-state index contributed by atoms with van der Waals surface area (Å²) < 4.78 is 5.61. The largest absolute Gasteiger partial charge is 0.483 e. The first kappa shape index (κ1) is 36.2. The van der Waals surface area contributed by atoms with Gasteiger partial charge in [-0.2, -0.15) is 0 Å². The summed E-state index contributed by atoms with van der Waals surface area (Å²) >= 11 is 0. The number of fused-ring (bicyclic) bond motifs is 1. The highest BCUT2D eigenvalue weighted by Crippen LogP contribution is 2.33. The molecule has 266 valence electrons. The molecular formula is C37H40N6O8. The fraction of sp³-hybridized carbons (Fsp3) is 0.324. The Balaban J connectivity index is 0.922. The second-order valence-corrected chi connectivity index (χ2v) is 12.3. The molecular weight excluding hydrogens is 656 g/mol. The van der Waals surface area contributed by atoms with Gasteiger partial charge in [0.15, 0.2) is 6.61 Å². The van der Waals surface area contributed by atoms with Crippen molar-refractivity contribution < 1.29 is 38.3 Å². The van der Waals surface area contributed by atoms with Crippen LogP contribution in [-0.2, 0) is 19.2 Å². The summed E-state index contributed by atoms with van der Waals surface area (Å²) in [6, 6.07) is 17.0. The highest BCUT2D eigenvalue weighted by Gasteiger charge is 2.46. The van der Waals surface area contributed by atoms with Crippen molar-refractivity contribution in [2.75, 3.05) is 29.5 Å². The molecule has 51 heavy (non-hydrogen) atoms. The molecule has 6 N–H and O–H groups in total.